The van der Waals surface area contributed by atoms with E-state index >= 15 is 0 Å². The van der Waals surface area contributed by atoms with Gasteiger partial charge in [0.05, 0.1) is 4.99 Å². The Hall–Kier alpha value is -0.940. The lowest BCUT2D eigenvalue weighted by molar-refractivity contribution is 0.0768. The highest BCUT2D eigenvalue weighted by Crippen LogP contribution is 2.20. The van der Waals surface area contributed by atoms with Crippen LogP contribution in [0.3, 0.4) is 0 Å². The summed E-state index contributed by atoms with van der Waals surface area (Å²) in [6.07, 6.45) is 0.558. The zero-order chi connectivity index (χ0) is 13.7. The molecule has 0 aliphatic rings. The van der Waals surface area contributed by atoms with Crippen LogP contribution in [0.4, 0.5) is 0 Å². The Morgan fingerprint density at radius 1 is 1.50 bits per heavy atom. The molecule has 0 aromatic heterocycles. The maximum atomic E-state index is 12.4. The summed E-state index contributed by atoms with van der Waals surface area (Å²) in [5, 5.41) is 0. The molecule has 0 fully saturated rings. The summed E-state index contributed by atoms with van der Waals surface area (Å²) >= 11 is 8.28. The molecule has 5 heteroatoms. The Bertz CT molecular complexity index is 462. The molecule has 98 valence electrons. The first-order valence-corrected chi connectivity index (χ1v) is 7.00. The second-order valence-electron chi connectivity index (χ2n) is 4.01. The largest absolute Gasteiger partial charge is 0.393 e. The molecule has 1 amide bonds. The van der Waals surface area contributed by atoms with E-state index in [9.17, 15) is 4.79 Å². The molecule has 0 saturated heterocycles. The minimum Gasteiger partial charge on any atom is -0.393 e. The number of nitrogens with two attached hydrogens (primary N) is 1. The highest BCUT2D eigenvalue weighted by Gasteiger charge is 2.16. The van der Waals surface area contributed by atoms with Crippen molar-refractivity contribution >= 4 is 39.0 Å². The first-order chi connectivity index (χ1) is 8.47. The van der Waals surface area contributed by atoms with Gasteiger partial charge in [-0.2, -0.15) is 0 Å². The topological polar surface area (TPSA) is 46.3 Å². The van der Waals surface area contributed by atoms with Gasteiger partial charge in [0, 0.05) is 29.5 Å². The van der Waals surface area contributed by atoms with Crippen molar-refractivity contribution in [1.82, 2.24) is 4.90 Å². The van der Waals surface area contributed by atoms with Crippen LogP contribution in [-0.2, 0) is 0 Å². The number of amides is 1. The summed E-state index contributed by atoms with van der Waals surface area (Å²) in [7, 11) is 0. The summed E-state index contributed by atoms with van der Waals surface area (Å²) in [6.45, 7) is 5.09. The Balaban J connectivity index is 2.89. The zero-order valence-electron chi connectivity index (χ0n) is 10.6. The number of hydrogen-bond acceptors (Lipinski definition) is 2. The number of rotatable bonds is 5. The van der Waals surface area contributed by atoms with Crippen LogP contribution in [0.5, 0.6) is 0 Å². The van der Waals surface area contributed by atoms with E-state index in [0.717, 1.165) is 10.0 Å². The molecule has 18 heavy (non-hydrogen) atoms. The first-order valence-electron chi connectivity index (χ1n) is 5.80. The van der Waals surface area contributed by atoms with Crippen LogP contribution >= 0.6 is 28.1 Å². The average Bonchev–Trinajstić information content (AvgIpc) is 2.32. The quantitative estimate of drug-likeness (QED) is 0.845. The molecule has 0 bridgehead atoms. The number of hydrogen-bond donors (Lipinski definition) is 1. The maximum absolute atomic E-state index is 12.4. The lowest BCUT2D eigenvalue weighted by atomic mass is 10.1. The van der Waals surface area contributed by atoms with Crippen molar-refractivity contribution in [1.29, 1.82) is 0 Å². The molecule has 0 unspecified atom stereocenters. The van der Waals surface area contributed by atoms with Crippen LogP contribution in [0.2, 0.25) is 0 Å². The summed E-state index contributed by atoms with van der Waals surface area (Å²) < 4.78 is 0.943. The standard InChI is InChI=1S/C13H17BrN2OS/c1-3-16(8-7-12(15)18)13(17)10-5-4-6-11(14)9(10)2/h4-6H,3,7-8H2,1-2H3,(H2,15,18). The van der Waals surface area contributed by atoms with Gasteiger partial charge in [-0.25, -0.2) is 0 Å². The molecule has 0 heterocycles. The summed E-state index contributed by atoms with van der Waals surface area (Å²) in [5.41, 5.74) is 7.15. The van der Waals surface area contributed by atoms with Gasteiger partial charge in [-0.15, -0.1) is 0 Å². The van der Waals surface area contributed by atoms with Crippen molar-refractivity contribution in [3.8, 4) is 0 Å². The minimum atomic E-state index is 0.0209. The molecule has 2 N–H and O–H groups in total. The van der Waals surface area contributed by atoms with Gasteiger partial charge in [-0.3, -0.25) is 4.79 Å². The van der Waals surface area contributed by atoms with E-state index in [1.165, 1.54) is 0 Å². The van der Waals surface area contributed by atoms with Gasteiger partial charge in [0.2, 0.25) is 0 Å². The number of benzene rings is 1. The highest BCUT2D eigenvalue weighted by atomic mass is 79.9. The first kappa shape index (κ1) is 15.1. The van der Waals surface area contributed by atoms with Gasteiger partial charge in [0.25, 0.3) is 5.91 Å². The molecular formula is C13H17BrN2OS. The van der Waals surface area contributed by atoms with Gasteiger partial charge >= 0.3 is 0 Å². The fourth-order valence-corrected chi connectivity index (χ4v) is 2.12. The monoisotopic (exact) mass is 328 g/mol. The molecule has 0 aliphatic carbocycles. The third-order valence-electron chi connectivity index (χ3n) is 2.80. The van der Waals surface area contributed by atoms with Gasteiger partial charge in [0.1, 0.15) is 0 Å². The van der Waals surface area contributed by atoms with E-state index in [-0.39, 0.29) is 5.91 Å². The third kappa shape index (κ3) is 3.78. The van der Waals surface area contributed by atoms with Crippen LogP contribution in [0, 0.1) is 6.92 Å². The van der Waals surface area contributed by atoms with Crippen molar-refractivity contribution in [3.63, 3.8) is 0 Å². The van der Waals surface area contributed by atoms with E-state index in [1.807, 2.05) is 32.0 Å². The molecular weight excluding hydrogens is 312 g/mol. The molecule has 1 aromatic carbocycles. The Kier molecular flexibility index (Phi) is 5.75. The lowest BCUT2D eigenvalue weighted by Crippen LogP contribution is -2.34. The zero-order valence-corrected chi connectivity index (χ0v) is 13.0. The van der Waals surface area contributed by atoms with E-state index in [2.05, 4.69) is 15.9 Å². The number of halogens is 1. The Morgan fingerprint density at radius 3 is 2.72 bits per heavy atom. The van der Waals surface area contributed by atoms with Crippen molar-refractivity contribution in [3.05, 3.63) is 33.8 Å². The van der Waals surface area contributed by atoms with Crippen LogP contribution in [-0.4, -0.2) is 28.9 Å². The SMILES string of the molecule is CCN(CCC(N)=S)C(=O)c1cccc(Br)c1C. The number of carbonyl (C=O) groups is 1. The lowest BCUT2D eigenvalue weighted by Gasteiger charge is -2.21. The Labute approximate surface area is 121 Å². The summed E-state index contributed by atoms with van der Waals surface area (Å²) in [6, 6.07) is 5.63. The normalized spacial score (nSPS) is 10.2. The molecule has 0 spiro atoms. The van der Waals surface area contributed by atoms with Crippen molar-refractivity contribution < 1.29 is 4.79 Å². The second-order valence-corrected chi connectivity index (χ2v) is 5.39. The van der Waals surface area contributed by atoms with Crippen LogP contribution in [0.25, 0.3) is 0 Å². The van der Waals surface area contributed by atoms with Crippen LogP contribution < -0.4 is 5.73 Å². The maximum Gasteiger partial charge on any atom is 0.254 e. The summed E-state index contributed by atoms with van der Waals surface area (Å²) in [5.74, 6) is 0.0209. The molecule has 1 rings (SSSR count). The number of carbonyl (C=O) groups excluding carboxylic acids is 1. The van der Waals surface area contributed by atoms with E-state index in [1.54, 1.807) is 4.90 Å². The molecule has 0 radical (unpaired) electrons. The van der Waals surface area contributed by atoms with Gasteiger partial charge < -0.3 is 10.6 Å². The van der Waals surface area contributed by atoms with Crippen molar-refractivity contribution in [2.75, 3.05) is 13.1 Å². The van der Waals surface area contributed by atoms with E-state index in [4.69, 9.17) is 18.0 Å². The fourth-order valence-electron chi connectivity index (χ4n) is 1.66. The van der Waals surface area contributed by atoms with Crippen LogP contribution in [0.15, 0.2) is 22.7 Å². The number of nitrogens with zero attached hydrogens (tertiary/aromatic N) is 1. The molecule has 0 saturated carbocycles. The fraction of sp³-hybridized carbons (Fsp3) is 0.385. The highest BCUT2D eigenvalue weighted by molar-refractivity contribution is 9.10. The predicted molar refractivity (Wildman–Crippen MR) is 81.9 cm³/mol. The van der Waals surface area contributed by atoms with Gasteiger partial charge in [-0.05, 0) is 31.5 Å². The van der Waals surface area contributed by atoms with Gasteiger partial charge in [0.15, 0.2) is 0 Å². The molecule has 1 aromatic rings. The van der Waals surface area contributed by atoms with E-state index < -0.39 is 0 Å². The van der Waals surface area contributed by atoms with Crippen LogP contribution in [0.1, 0.15) is 29.3 Å². The number of thiocarbonyl (C=S) groups is 1. The van der Waals surface area contributed by atoms with Gasteiger partial charge in [-0.1, -0.05) is 34.2 Å². The van der Waals surface area contributed by atoms with Crippen molar-refractivity contribution in [2.45, 2.75) is 20.3 Å². The van der Waals surface area contributed by atoms with E-state index in [0.29, 0.717) is 30.1 Å². The second kappa shape index (κ2) is 6.85. The molecule has 0 atom stereocenters. The average molecular weight is 329 g/mol. The molecule has 0 aliphatic heterocycles. The van der Waals surface area contributed by atoms with Crippen molar-refractivity contribution in [2.24, 2.45) is 5.73 Å². The third-order valence-corrected chi connectivity index (χ3v) is 3.86. The molecule has 3 nitrogen and oxygen atoms in total. The Morgan fingerprint density at radius 2 is 2.17 bits per heavy atom. The minimum absolute atomic E-state index is 0.0209. The smallest absolute Gasteiger partial charge is 0.254 e. The summed E-state index contributed by atoms with van der Waals surface area (Å²) in [4.78, 5) is 14.6. The predicted octanol–water partition coefficient (Wildman–Crippen LogP) is 2.90.